The first-order valence-electron chi connectivity index (χ1n) is 20.6. The third kappa shape index (κ3) is 6.33. The van der Waals surface area contributed by atoms with Gasteiger partial charge in [0.05, 0.1) is 15.9 Å². The summed E-state index contributed by atoms with van der Waals surface area (Å²) in [7, 11) is 0. The van der Waals surface area contributed by atoms with Crippen molar-refractivity contribution in [1.82, 2.24) is 19.9 Å². The van der Waals surface area contributed by atoms with Crippen LogP contribution in [0.4, 0.5) is 0 Å². The molecule has 0 N–H and O–H groups in total. The Morgan fingerprint density at radius 3 is 1.52 bits per heavy atom. The van der Waals surface area contributed by atoms with Crippen LogP contribution in [0.2, 0.25) is 0 Å². The van der Waals surface area contributed by atoms with Crippen LogP contribution in [-0.2, 0) is 0 Å². The van der Waals surface area contributed by atoms with Crippen molar-refractivity contribution in [2.24, 2.45) is 0 Å². The van der Waals surface area contributed by atoms with E-state index in [1.807, 2.05) is 30.3 Å². The molecule has 290 valence electrons. The summed E-state index contributed by atoms with van der Waals surface area (Å²) in [6.07, 6.45) is 0. The van der Waals surface area contributed by atoms with Gasteiger partial charge in [-0.2, -0.15) is 0 Å². The van der Waals surface area contributed by atoms with Gasteiger partial charge >= 0.3 is 0 Å². The predicted octanol–water partition coefficient (Wildman–Crippen LogP) is 15.2. The molecule has 0 spiro atoms. The number of benzene rings is 8. The van der Waals surface area contributed by atoms with E-state index in [0.717, 1.165) is 88.0 Å². The molecule has 0 unspecified atom stereocenters. The summed E-state index contributed by atoms with van der Waals surface area (Å²) < 4.78 is 8.72. The van der Waals surface area contributed by atoms with E-state index >= 15 is 0 Å². The fourth-order valence-corrected chi connectivity index (χ4v) is 9.56. The number of para-hydroxylation sites is 1. The van der Waals surface area contributed by atoms with Gasteiger partial charge in [-0.1, -0.05) is 176 Å². The Bertz CT molecular complexity index is 3620. The first kappa shape index (κ1) is 35.8. The van der Waals surface area contributed by atoms with Crippen LogP contribution in [0.1, 0.15) is 0 Å². The van der Waals surface area contributed by atoms with Crippen molar-refractivity contribution >= 4 is 53.7 Å². The summed E-state index contributed by atoms with van der Waals surface area (Å²) in [5.41, 5.74) is 15.5. The molecular formula is C56H34N4OS. The Morgan fingerprint density at radius 1 is 0.323 bits per heavy atom. The van der Waals surface area contributed by atoms with Crippen molar-refractivity contribution in [3.05, 3.63) is 206 Å². The lowest BCUT2D eigenvalue weighted by molar-refractivity contribution is 0.667. The lowest BCUT2D eigenvalue weighted by atomic mass is 9.99. The highest BCUT2D eigenvalue weighted by Crippen LogP contribution is 2.41. The third-order valence-corrected chi connectivity index (χ3v) is 12.7. The molecule has 0 aliphatic rings. The van der Waals surface area contributed by atoms with E-state index in [4.69, 9.17) is 24.4 Å². The maximum Gasteiger partial charge on any atom is 0.180 e. The van der Waals surface area contributed by atoms with Gasteiger partial charge in [-0.3, -0.25) is 0 Å². The van der Waals surface area contributed by atoms with Crippen molar-refractivity contribution in [2.45, 2.75) is 0 Å². The second-order valence-corrected chi connectivity index (χ2v) is 16.4. The Hall–Kier alpha value is -8.06. The van der Waals surface area contributed by atoms with Crippen LogP contribution in [0.3, 0.4) is 0 Å². The quantitative estimate of drug-likeness (QED) is 0.160. The molecule has 12 aromatic rings. The minimum Gasteiger partial charge on any atom is -0.452 e. The molecule has 4 aromatic heterocycles. The molecule has 0 saturated heterocycles. The first-order chi connectivity index (χ1) is 30.7. The summed E-state index contributed by atoms with van der Waals surface area (Å²) in [6, 6.07) is 71.6. The van der Waals surface area contributed by atoms with Crippen molar-refractivity contribution in [3.63, 3.8) is 0 Å². The van der Waals surface area contributed by atoms with Gasteiger partial charge in [-0.05, 0) is 63.7 Å². The first-order valence-corrected chi connectivity index (χ1v) is 21.4. The summed E-state index contributed by atoms with van der Waals surface area (Å²) in [6.45, 7) is 0. The molecule has 0 saturated carbocycles. The SMILES string of the molecule is c1ccc(-c2ccc(-c3nc(-c4cccc(-c5cccc(-c6nc(-c7ccc(-c8ccccc8)cc7)c7oc8ccccc8c7n6)c5)c4)c4sc5ccccc5c4n3)cc2)cc1. The number of nitrogens with zero attached hydrogens (tertiary/aromatic N) is 4. The van der Waals surface area contributed by atoms with Gasteiger partial charge in [-0.25, -0.2) is 19.9 Å². The molecule has 0 radical (unpaired) electrons. The largest absolute Gasteiger partial charge is 0.452 e. The van der Waals surface area contributed by atoms with Gasteiger partial charge in [0.2, 0.25) is 0 Å². The van der Waals surface area contributed by atoms with E-state index in [0.29, 0.717) is 17.2 Å². The maximum absolute atomic E-state index is 6.47. The molecule has 4 heterocycles. The highest BCUT2D eigenvalue weighted by atomic mass is 32.1. The van der Waals surface area contributed by atoms with E-state index in [9.17, 15) is 0 Å². The number of fused-ring (bicyclic) bond motifs is 6. The number of hydrogen-bond acceptors (Lipinski definition) is 6. The van der Waals surface area contributed by atoms with Gasteiger partial charge in [0, 0.05) is 37.7 Å². The molecule has 62 heavy (non-hydrogen) atoms. The molecule has 8 aromatic carbocycles. The standard InChI is InChI=1S/C56H34N4OS/c1-3-13-35(14-4-1)37-25-29-39(30-26-37)49-53-51(45-21-7-9-23-47(45)61-53)59-56(57-49)44-20-12-18-42(34-44)41-17-11-19-43(33-41)50-54-52(46-22-8-10-24-48(46)62-54)60-55(58-50)40-31-27-38(28-32-40)36-15-5-2-6-16-36/h1-34H. The molecule has 0 bridgehead atoms. The monoisotopic (exact) mass is 810 g/mol. The lowest BCUT2D eigenvalue weighted by Crippen LogP contribution is -1.95. The molecule has 12 rings (SSSR count). The minimum absolute atomic E-state index is 0.634. The normalized spacial score (nSPS) is 11.5. The summed E-state index contributed by atoms with van der Waals surface area (Å²) >= 11 is 1.74. The summed E-state index contributed by atoms with van der Waals surface area (Å²) in [5.74, 6) is 1.34. The number of aromatic nitrogens is 4. The molecule has 0 atom stereocenters. The van der Waals surface area contributed by atoms with Crippen LogP contribution in [-0.4, -0.2) is 19.9 Å². The number of thiophene rings is 1. The minimum atomic E-state index is 0.634. The van der Waals surface area contributed by atoms with E-state index in [1.54, 1.807) is 11.3 Å². The Labute approximate surface area is 361 Å². The number of furan rings is 1. The second kappa shape index (κ2) is 14.9. The molecule has 0 fully saturated rings. The highest BCUT2D eigenvalue weighted by molar-refractivity contribution is 7.26. The van der Waals surface area contributed by atoms with Crippen molar-refractivity contribution in [3.8, 4) is 78.7 Å². The second-order valence-electron chi connectivity index (χ2n) is 15.4. The Balaban J connectivity index is 0.957. The highest BCUT2D eigenvalue weighted by Gasteiger charge is 2.20. The Morgan fingerprint density at radius 2 is 0.806 bits per heavy atom. The molecule has 0 aliphatic heterocycles. The van der Waals surface area contributed by atoms with Gasteiger partial charge in [0.1, 0.15) is 16.8 Å². The van der Waals surface area contributed by atoms with Gasteiger partial charge in [-0.15, -0.1) is 11.3 Å². The summed E-state index contributed by atoms with van der Waals surface area (Å²) in [5, 5.41) is 2.09. The van der Waals surface area contributed by atoms with Gasteiger partial charge in [0.25, 0.3) is 0 Å². The van der Waals surface area contributed by atoms with E-state index in [-0.39, 0.29) is 0 Å². The van der Waals surface area contributed by atoms with Crippen LogP contribution in [0.5, 0.6) is 0 Å². The van der Waals surface area contributed by atoms with Gasteiger partial charge < -0.3 is 4.42 Å². The zero-order chi connectivity index (χ0) is 41.0. The van der Waals surface area contributed by atoms with E-state index < -0.39 is 0 Å². The third-order valence-electron chi connectivity index (χ3n) is 11.5. The fraction of sp³-hybridized carbons (Fsp3) is 0. The van der Waals surface area contributed by atoms with Crippen LogP contribution in [0.25, 0.3) is 121 Å². The van der Waals surface area contributed by atoms with Crippen LogP contribution in [0, 0.1) is 0 Å². The van der Waals surface area contributed by atoms with Crippen LogP contribution < -0.4 is 0 Å². The van der Waals surface area contributed by atoms with E-state index in [2.05, 4.69) is 176 Å². The predicted molar refractivity (Wildman–Crippen MR) is 256 cm³/mol. The molecule has 5 nitrogen and oxygen atoms in total. The zero-order valence-electron chi connectivity index (χ0n) is 33.2. The summed E-state index contributed by atoms with van der Waals surface area (Å²) in [4.78, 5) is 20.9. The zero-order valence-corrected chi connectivity index (χ0v) is 34.1. The Kier molecular flexibility index (Phi) is 8.61. The topological polar surface area (TPSA) is 64.7 Å². The van der Waals surface area contributed by atoms with Gasteiger partial charge in [0.15, 0.2) is 17.2 Å². The molecule has 0 aliphatic carbocycles. The maximum atomic E-state index is 6.47. The van der Waals surface area contributed by atoms with Crippen LogP contribution >= 0.6 is 11.3 Å². The molecular weight excluding hydrogens is 777 g/mol. The lowest BCUT2D eigenvalue weighted by Gasteiger charge is -2.11. The van der Waals surface area contributed by atoms with Crippen molar-refractivity contribution in [2.75, 3.05) is 0 Å². The fourth-order valence-electron chi connectivity index (χ4n) is 8.41. The molecule has 0 amide bonds. The van der Waals surface area contributed by atoms with Crippen LogP contribution in [0.15, 0.2) is 211 Å². The van der Waals surface area contributed by atoms with Crippen molar-refractivity contribution < 1.29 is 4.42 Å². The smallest absolute Gasteiger partial charge is 0.180 e. The molecule has 6 heteroatoms. The van der Waals surface area contributed by atoms with Crippen molar-refractivity contribution in [1.29, 1.82) is 0 Å². The number of rotatable bonds is 7. The average Bonchev–Trinajstić information content (AvgIpc) is 3.93. The van der Waals surface area contributed by atoms with E-state index in [1.165, 1.54) is 15.8 Å². The number of hydrogen-bond donors (Lipinski definition) is 0. The average molecular weight is 811 g/mol.